The molecular weight excluding hydrogens is 244 g/mol. The molecule has 1 aliphatic heterocycles. The number of amides is 1. The average Bonchev–Trinajstić information content (AvgIpc) is 2.35. The number of benzene rings is 1. The van der Waals surface area contributed by atoms with Crippen molar-refractivity contribution in [2.24, 2.45) is 5.92 Å². The highest BCUT2D eigenvalue weighted by Gasteiger charge is 2.24. The summed E-state index contributed by atoms with van der Waals surface area (Å²) in [4.78, 5) is 24.3. The van der Waals surface area contributed by atoms with Gasteiger partial charge in [0.15, 0.2) is 0 Å². The molecule has 0 aliphatic carbocycles. The van der Waals surface area contributed by atoms with E-state index in [1.807, 2.05) is 12.1 Å². The predicted molar refractivity (Wildman–Crippen MR) is 72.4 cm³/mol. The van der Waals surface area contributed by atoms with Crippen LogP contribution >= 0.6 is 0 Å². The van der Waals surface area contributed by atoms with Crippen molar-refractivity contribution in [3.63, 3.8) is 0 Å². The van der Waals surface area contributed by atoms with Crippen LogP contribution < -0.4 is 10.2 Å². The van der Waals surface area contributed by atoms with Gasteiger partial charge in [0.1, 0.15) is 6.54 Å². The van der Waals surface area contributed by atoms with Crippen LogP contribution in [0.1, 0.15) is 23.7 Å². The van der Waals surface area contributed by atoms with E-state index in [-0.39, 0.29) is 12.5 Å². The Bertz CT molecular complexity index is 464. The molecule has 0 bridgehead atoms. The SMILES string of the molecule is CCC1CN(c2ccc(C(=O)NCC(=O)O)cc2)C1. The fourth-order valence-electron chi connectivity index (χ4n) is 2.12. The second-order valence-corrected chi connectivity index (χ2v) is 4.80. The van der Waals surface area contributed by atoms with Crippen molar-refractivity contribution in [3.05, 3.63) is 29.8 Å². The number of carbonyl (C=O) groups is 2. The lowest BCUT2D eigenvalue weighted by Crippen LogP contribution is -2.46. The van der Waals surface area contributed by atoms with Crippen LogP contribution in [0, 0.1) is 5.92 Å². The number of hydrogen-bond acceptors (Lipinski definition) is 3. The van der Waals surface area contributed by atoms with E-state index in [1.54, 1.807) is 12.1 Å². The highest BCUT2D eigenvalue weighted by molar-refractivity contribution is 5.96. The molecule has 19 heavy (non-hydrogen) atoms. The topological polar surface area (TPSA) is 69.6 Å². The fraction of sp³-hybridized carbons (Fsp3) is 0.429. The molecule has 1 aliphatic rings. The Hall–Kier alpha value is -2.04. The van der Waals surface area contributed by atoms with Crippen LogP contribution in [0.2, 0.25) is 0 Å². The van der Waals surface area contributed by atoms with Gasteiger partial charge in [-0.1, -0.05) is 6.92 Å². The van der Waals surface area contributed by atoms with Crippen LogP contribution in [0.25, 0.3) is 0 Å². The first-order chi connectivity index (χ1) is 9.10. The van der Waals surface area contributed by atoms with Crippen LogP contribution in [0.15, 0.2) is 24.3 Å². The molecule has 1 aromatic rings. The maximum Gasteiger partial charge on any atom is 0.322 e. The number of carboxylic acids is 1. The minimum Gasteiger partial charge on any atom is -0.480 e. The summed E-state index contributed by atoms with van der Waals surface area (Å²) in [5, 5.41) is 10.8. The van der Waals surface area contributed by atoms with Crippen molar-refractivity contribution < 1.29 is 14.7 Å². The molecule has 0 saturated carbocycles. The molecular formula is C14H18N2O3. The van der Waals surface area contributed by atoms with Gasteiger partial charge in [-0.25, -0.2) is 0 Å². The van der Waals surface area contributed by atoms with Gasteiger partial charge >= 0.3 is 5.97 Å². The molecule has 1 heterocycles. The van der Waals surface area contributed by atoms with E-state index in [4.69, 9.17) is 5.11 Å². The number of rotatable bonds is 5. The number of carboxylic acid groups (broad SMARTS) is 1. The van der Waals surface area contributed by atoms with E-state index < -0.39 is 5.97 Å². The van der Waals surface area contributed by atoms with Gasteiger partial charge in [-0.3, -0.25) is 9.59 Å². The molecule has 5 nitrogen and oxygen atoms in total. The van der Waals surface area contributed by atoms with Gasteiger partial charge in [0.05, 0.1) is 0 Å². The molecule has 1 fully saturated rings. The van der Waals surface area contributed by atoms with Crippen molar-refractivity contribution in [1.82, 2.24) is 5.32 Å². The summed E-state index contributed by atoms with van der Waals surface area (Å²) in [5.74, 6) is -0.626. The van der Waals surface area contributed by atoms with Crippen LogP contribution in [0.5, 0.6) is 0 Å². The van der Waals surface area contributed by atoms with Crippen LogP contribution in [0.3, 0.4) is 0 Å². The smallest absolute Gasteiger partial charge is 0.322 e. The van der Waals surface area contributed by atoms with Gasteiger partial charge in [0.25, 0.3) is 5.91 Å². The monoisotopic (exact) mass is 262 g/mol. The van der Waals surface area contributed by atoms with E-state index in [0.29, 0.717) is 5.56 Å². The third-order valence-corrected chi connectivity index (χ3v) is 3.43. The Morgan fingerprint density at radius 1 is 1.32 bits per heavy atom. The average molecular weight is 262 g/mol. The van der Waals surface area contributed by atoms with Gasteiger partial charge in [0, 0.05) is 24.3 Å². The quantitative estimate of drug-likeness (QED) is 0.840. The molecule has 102 valence electrons. The standard InChI is InChI=1S/C14H18N2O3/c1-2-10-8-16(9-10)12-5-3-11(4-6-12)14(19)15-7-13(17)18/h3-6,10H,2,7-9H2,1H3,(H,15,19)(H,17,18). The van der Waals surface area contributed by atoms with Gasteiger partial charge in [0.2, 0.25) is 0 Å². The summed E-state index contributed by atoms with van der Waals surface area (Å²) in [5.41, 5.74) is 1.59. The third-order valence-electron chi connectivity index (χ3n) is 3.43. The first-order valence-corrected chi connectivity index (χ1v) is 6.45. The zero-order valence-corrected chi connectivity index (χ0v) is 10.9. The summed E-state index contributed by atoms with van der Waals surface area (Å²) in [7, 11) is 0. The molecule has 1 saturated heterocycles. The highest BCUT2D eigenvalue weighted by atomic mass is 16.4. The number of carbonyl (C=O) groups excluding carboxylic acids is 1. The zero-order chi connectivity index (χ0) is 13.8. The number of nitrogens with zero attached hydrogens (tertiary/aromatic N) is 1. The van der Waals surface area contributed by atoms with Crippen molar-refractivity contribution >= 4 is 17.6 Å². The lowest BCUT2D eigenvalue weighted by atomic mass is 9.96. The molecule has 1 aromatic carbocycles. The first-order valence-electron chi connectivity index (χ1n) is 6.45. The number of aliphatic carboxylic acids is 1. The Balaban J connectivity index is 1.91. The van der Waals surface area contributed by atoms with Crippen molar-refractivity contribution in [2.45, 2.75) is 13.3 Å². The van der Waals surface area contributed by atoms with E-state index in [2.05, 4.69) is 17.1 Å². The lowest BCUT2D eigenvalue weighted by Gasteiger charge is -2.40. The summed E-state index contributed by atoms with van der Waals surface area (Å²) < 4.78 is 0. The fourth-order valence-corrected chi connectivity index (χ4v) is 2.12. The maximum atomic E-state index is 11.6. The summed E-state index contributed by atoms with van der Waals surface area (Å²) in [6.45, 7) is 3.98. The maximum absolute atomic E-state index is 11.6. The summed E-state index contributed by atoms with van der Waals surface area (Å²) >= 11 is 0. The third kappa shape index (κ3) is 3.24. The molecule has 0 unspecified atom stereocenters. The van der Waals surface area contributed by atoms with Crippen LogP contribution in [-0.2, 0) is 4.79 Å². The van der Waals surface area contributed by atoms with Gasteiger partial charge in [-0.05, 0) is 36.6 Å². The molecule has 5 heteroatoms. The first kappa shape index (κ1) is 13.4. The van der Waals surface area contributed by atoms with Crippen molar-refractivity contribution in [3.8, 4) is 0 Å². The van der Waals surface area contributed by atoms with Crippen molar-refractivity contribution in [2.75, 3.05) is 24.5 Å². The Kier molecular flexibility index (Phi) is 4.04. The lowest BCUT2D eigenvalue weighted by molar-refractivity contribution is -0.135. The van der Waals surface area contributed by atoms with E-state index in [1.165, 1.54) is 6.42 Å². The number of nitrogens with one attached hydrogen (secondary N) is 1. The molecule has 0 radical (unpaired) electrons. The van der Waals surface area contributed by atoms with Gasteiger partial charge in [-0.15, -0.1) is 0 Å². The number of anilines is 1. The molecule has 1 amide bonds. The van der Waals surface area contributed by atoms with E-state index in [0.717, 1.165) is 24.7 Å². The Morgan fingerprint density at radius 3 is 2.47 bits per heavy atom. The van der Waals surface area contributed by atoms with Crippen LogP contribution in [0.4, 0.5) is 5.69 Å². The zero-order valence-electron chi connectivity index (χ0n) is 10.9. The molecule has 2 N–H and O–H groups in total. The van der Waals surface area contributed by atoms with Gasteiger partial charge in [-0.2, -0.15) is 0 Å². The molecule has 2 rings (SSSR count). The Labute approximate surface area is 112 Å². The Morgan fingerprint density at radius 2 is 1.95 bits per heavy atom. The molecule has 0 spiro atoms. The number of hydrogen-bond donors (Lipinski definition) is 2. The molecule has 0 atom stereocenters. The minimum absolute atomic E-state index is 0.356. The second kappa shape index (κ2) is 5.73. The largest absolute Gasteiger partial charge is 0.480 e. The van der Waals surface area contributed by atoms with Crippen molar-refractivity contribution in [1.29, 1.82) is 0 Å². The minimum atomic E-state index is -1.05. The summed E-state index contributed by atoms with van der Waals surface area (Å²) in [6, 6.07) is 7.26. The molecule has 0 aromatic heterocycles. The van der Waals surface area contributed by atoms with E-state index >= 15 is 0 Å². The van der Waals surface area contributed by atoms with Crippen LogP contribution in [-0.4, -0.2) is 36.6 Å². The van der Waals surface area contributed by atoms with E-state index in [9.17, 15) is 9.59 Å². The predicted octanol–water partition coefficient (Wildman–Crippen LogP) is 1.35. The summed E-state index contributed by atoms with van der Waals surface area (Å²) in [6.07, 6.45) is 1.20. The highest BCUT2D eigenvalue weighted by Crippen LogP contribution is 2.26. The van der Waals surface area contributed by atoms with Gasteiger partial charge < -0.3 is 15.3 Å². The normalized spacial score (nSPS) is 14.9. The second-order valence-electron chi connectivity index (χ2n) is 4.80.